The van der Waals surface area contributed by atoms with Crippen LogP contribution < -0.4 is 14.9 Å². The van der Waals surface area contributed by atoms with E-state index in [4.69, 9.17) is 13.9 Å². The summed E-state index contributed by atoms with van der Waals surface area (Å²) >= 11 is 3.45. The summed E-state index contributed by atoms with van der Waals surface area (Å²) in [7, 11) is 0. The van der Waals surface area contributed by atoms with Gasteiger partial charge in [-0.3, -0.25) is 14.7 Å². The fourth-order valence-electron chi connectivity index (χ4n) is 3.68. The molecule has 0 unspecified atom stereocenters. The van der Waals surface area contributed by atoms with Crippen LogP contribution in [0.15, 0.2) is 74.5 Å². The summed E-state index contributed by atoms with van der Waals surface area (Å²) in [5, 5.41) is 0.467. The van der Waals surface area contributed by atoms with Gasteiger partial charge in [0.15, 0.2) is 0 Å². The number of hydrogen-bond donors (Lipinski definition) is 0. The third-order valence-corrected chi connectivity index (χ3v) is 5.84. The summed E-state index contributed by atoms with van der Waals surface area (Å²) in [6.45, 7) is 3.42. The van der Waals surface area contributed by atoms with E-state index in [-0.39, 0.29) is 11.2 Å². The van der Waals surface area contributed by atoms with Crippen molar-refractivity contribution in [3.63, 3.8) is 0 Å². The molecule has 1 aliphatic heterocycles. The second-order valence-electron chi connectivity index (χ2n) is 7.35. The van der Waals surface area contributed by atoms with E-state index in [0.717, 1.165) is 21.5 Å². The molecule has 2 aromatic carbocycles. The standard InChI is InChI=1S/C24H19BrN2O4/c1-15-23(31-21-8-3-2-7-19(21)25)22(28)17-9-10-20-18(24(17)30-15)13-27(14-29-20)12-16-6-4-5-11-26-16/h2-11H,12-14H2,1H3. The largest absolute Gasteiger partial charge is 0.478 e. The first-order chi connectivity index (χ1) is 15.1. The highest BCUT2D eigenvalue weighted by Crippen LogP contribution is 2.35. The molecule has 6 nitrogen and oxygen atoms in total. The van der Waals surface area contributed by atoms with E-state index in [0.29, 0.717) is 42.3 Å². The van der Waals surface area contributed by atoms with Crippen molar-refractivity contribution in [2.75, 3.05) is 6.73 Å². The average molecular weight is 479 g/mol. The summed E-state index contributed by atoms with van der Waals surface area (Å²) in [6.07, 6.45) is 1.78. The van der Waals surface area contributed by atoms with E-state index in [1.165, 1.54) is 0 Å². The normalized spacial score (nSPS) is 13.6. The third kappa shape index (κ3) is 3.82. The highest BCUT2D eigenvalue weighted by molar-refractivity contribution is 9.10. The Labute approximate surface area is 187 Å². The van der Waals surface area contributed by atoms with Crippen LogP contribution in [-0.2, 0) is 13.1 Å². The van der Waals surface area contributed by atoms with Gasteiger partial charge in [0.25, 0.3) is 0 Å². The van der Waals surface area contributed by atoms with Gasteiger partial charge in [0.05, 0.1) is 21.1 Å². The molecule has 0 aliphatic carbocycles. The zero-order chi connectivity index (χ0) is 21.4. The maximum Gasteiger partial charge on any atom is 0.235 e. The van der Waals surface area contributed by atoms with Crippen LogP contribution in [0.2, 0.25) is 0 Å². The van der Waals surface area contributed by atoms with Gasteiger partial charge in [-0.2, -0.15) is 0 Å². The van der Waals surface area contributed by atoms with Crippen LogP contribution >= 0.6 is 15.9 Å². The van der Waals surface area contributed by atoms with Gasteiger partial charge in [-0.05, 0) is 59.3 Å². The highest BCUT2D eigenvalue weighted by atomic mass is 79.9. The van der Waals surface area contributed by atoms with Crippen LogP contribution in [0.1, 0.15) is 17.0 Å². The number of rotatable bonds is 4. The molecule has 31 heavy (non-hydrogen) atoms. The molecule has 0 atom stereocenters. The predicted octanol–water partition coefficient (Wildman–Crippen LogP) is 5.40. The molecule has 2 aromatic heterocycles. The van der Waals surface area contributed by atoms with E-state index in [1.54, 1.807) is 25.3 Å². The maximum absolute atomic E-state index is 13.3. The van der Waals surface area contributed by atoms with Crippen LogP contribution in [0.25, 0.3) is 11.0 Å². The van der Waals surface area contributed by atoms with Crippen molar-refractivity contribution in [1.29, 1.82) is 0 Å². The summed E-state index contributed by atoms with van der Waals surface area (Å²) in [6, 6.07) is 16.8. The Balaban J connectivity index is 1.53. The molecule has 0 amide bonds. The Morgan fingerprint density at radius 3 is 2.77 bits per heavy atom. The van der Waals surface area contributed by atoms with Crippen LogP contribution in [0.4, 0.5) is 0 Å². The third-order valence-electron chi connectivity index (χ3n) is 5.19. The molecular formula is C24H19BrN2O4. The van der Waals surface area contributed by atoms with Gasteiger partial charge >= 0.3 is 0 Å². The maximum atomic E-state index is 13.3. The molecule has 5 rings (SSSR count). The average Bonchev–Trinajstić information content (AvgIpc) is 2.78. The molecule has 7 heteroatoms. The lowest BCUT2D eigenvalue weighted by molar-refractivity contribution is 0.0878. The van der Waals surface area contributed by atoms with E-state index in [9.17, 15) is 4.79 Å². The Morgan fingerprint density at radius 1 is 1.13 bits per heavy atom. The minimum absolute atomic E-state index is 0.182. The molecule has 1 aliphatic rings. The van der Waals surface area contributed by atoms with Crippen molar-refractivity contribution in [3.8, 4) is 17.2 Å². The Kier molecular flexibility index (Phi) is 5.21. The number of aromatic nitrogens is 1. The Hall–Kier alpha value is -3.16. The van der Waals surface area contributed by atoms with Gasteiger partial charge in [-0.15, -0.1) is 0 Å². The Morgan fingerprint density at radius 2 is 1.97 bits per heavy atom. The number of halogens is 1. The summed E-state index contributed by atoms with van der Waals surface area (Å²) in [4.78, 5) is 19.8. The number of ether oxygens (including phenoxy) is 2. The SMILES string of the molecule is Cc1oc2c3c(ccc2c(=O)c1Oc1ccccc1Br)OCN(Cc1ccccn1)C3. The number of aryl methyl sites for hydroxylation is 1. The predicted molar refractivity (Wildman–Crippen MR) is 120 cm³/mol. The quantitative estimate of drug-likeness (QED) is 0.391. The van der Waals surface area contributed by atoms with Gasteiger partial charge in [0.2, 0.25) is 11.2 Å². The van der Waals surface area contributed by atoms with Gasteiger partial charge < -0.3 is 13.9 Å². The summed E-state index contributed by atoms with van der Waals surface area (Å²) < 4.78 is 18.7. The van der Waals surface area contributed by atoms with E-state index in [2.05, 4.69) is 25.8 Å². The zero-order valence-electron chi connectivity index (χ0n) is 16.8. The minimum atomic E-state index is -0.209. The van der Waals surface area contributed by atoms with Crippen LogP contribution in [-0.4, -0.2) is 16.6 Å². The zero-order valence-corrected chi connectivity index (χ0v) is 18.4. The molecule has 0 radical (unpaired) electrons. The fraction of sp³-hybridized carbons (Fsp3) is 0.167. The van der Waals surface area contributed by atoms with E-state index >= 15 is 0 Å². The molecule has 0 N–H and O–H groups in total. The number of fused-ring (bicyclic) bond motifs is 3. The number of hydrogen-bond acceptors (Lipinski definition) is 6. The van der Waals surface area contributed by atoms with E-state index in [1.807, 2.05) is 42.5 Å². The van der Waals surface area contributed by atoms with Gasteiger partial charge in [-0.1, -0.05) is 18.2 Å². The molecule has 0 saturated heterocycles. The van der Waals surface area contributed by atoms with Crippen molar-refractivity contribution in [1.82, 2.24) is 9.88 Å². The van der Waals surface area contributed by atoms with Crippen molar-refractivity contribution in [2.24, 2.45) is 0 Å². The molecule has 0 spiro atoms. The smallest absolute Gasteiger partial charge is 0.235 e. The summed E-state index contributed by atoms with van der Waals surface area (Å²) in [5.41, 5.74) is 2.13. The number of para-hydroxylation sites is 1. The lowest BCUT2D eigenvalue weighted by Crippen LogP contribution is -2.32. The van der Waals surface area contributed by atoms with Crippen molar-refractivity contribution >= 4 is 26.9 Å². The molecule has 0 fully saturated rings. The minimum Gasteiger partial charge on any atom is -0.478 e. The number of benzene rings is 2. The molecule has 0 saturated carbocycles. The first kappa shape index (κ1) is 19.8. The second-order valence-corrected chi connectivity index (χ2v) is 8.20. The highest BCUT2D eigenvalue weighted by Gasteiger charge is 2.24. The molecular weight excluding hydrogens is 460 g/mol. The lowest BCUT2D eigenvalue weighted by Gasteiger charge is -2.29. The van der Waals surface area contributed by atoms with Crippen LogP contribution in [0.5, 0.6) is 17.2 Å². The van der Waals surface area contributed by atoms with Gasteiger partial charge in [0, 0.05) is 19.3 Å². The summed E-state index contributed by atoms with van der Waals surface area (Å²) in [5.74, 6) is 1.89. The van der Waals surface area contributed by atoms with Gasteiger partial charge in [-0.25, -0.2) is 0 Å². The van der Waals surface area contributed by atoms with Gasteiger partial charge in [0.1, 0.15) is 29.6 Å². The van der Waals surface area contributed by atoms with Crippen molar-refractivity contribution in [3.05, 3.63) is 92.5 Å². The van der Waals surface area contributed by atoms with Crippen LogP contribution in [0.3, 0.4) is 0 Å². The lowest BCUT2D eigenvalue weighted by atomic mass is 10.1. The number of nitrogens with zero attached hydrogens (tertiary/aromatic N) is 2. The fourth-order valence-corrected chi connectivity index (χ4v) is 4.05. The molecule has 4 aromatic rings. The van der Waals surface area contributed by atoms with Crippen molar-refractivity contribution < 1.29 is 13.9 Å². The molecule has 156 valence electrons. The van der Waals surface area contributed by atoms with Crippen LogP contribution in [0, 0.1) is 6.92 Å². The first-order valence-electron chi connectivity index (χ1n) is 9.87. The number of pyridine rings is 1. The molecule has 0 bridgehead atoms. The van der Waals surface area contributed by atoms with E-state index < -0.39 is 0 Å². The monoisotopic (exact) mass is 478 g/mol. The first-order valence-corrected chi connectivity index (χ1v) is 10.7. The second kappa shape index (κ2) is 8.17. The molecule has 3 heterocycles. The Bertz CT molecular complexity index is 1320. The van der Waals surface area contributed by atoms with Crippen molar-refractivity contribution in [2.45, 2.75) is 20.0 Å². The topological polar surface area (TPSA) is 64.8 Å².